The first-order valence-corrected chi connectivity index (χ1v) is 10.1. The number of amides is 1. The molecular weight excluding hydrogens is 340 g/mol. The van der Waals surface area contributed by atoms with Crippen LogP contribution < -0.4 is 10.9 Å². The zero-order valence-corrected chi connectivity index (χ0v) is 14.7. The van der Waals surface area contributed by atoms with Gasteiger partial charge in [-0.15, -0.1) is 0 Å². The number of hydrogen-bond donors (Lipinski definition) is 1. The van der Waals surface area contributed by atoms with Crippen LogP contribution in [-0.4, -0.2) is 31.2 Å². The average molecular weight is 360 g/mol. The molecule has 1 N–H and O–H groups in total. The van der Waals surface area contributed by atoms with Gasteiger partial charge in [0.25, 0.3) is 11.5 Å². The van der Waals surface area contributed by atoms with Crippen LogP contribution in [0.4, 0.5) is 0 Å². The van der Waals surface area contributed by atoms with Gasteiger partial charge in [0, 0.05) is 24.6 Å². The van der Waals surface area contributed by atoms with E-state index in [1.54, 1.807) is 0 Å². The minimum atomic E-state index is -3.37. The highest BCUT2D eigenvalue weighted by Gasteiger charge is 2.31. The molecule has 1 amide bonds. The molecule has 3 rings (SSSR count). The third-order valence-electron chi connectivity index (χ3n) is 4.36. The fourth-order valence-corrected chi connectivity index (χ4v) is 3.73. The molecule has 7 heteroatoms. The Labute approximate surface area is 146 Å². The van der Waals surface area contributed by atoms with Crippen molar-refractivity contribution in [2.45, 2.75) is 30.7 Å². The fraction of sp³-hybridized carbons (Fsp3) is 0.333. The van der Waals surface area contributed by atoms with Crippen molar-refractivity contribution >= 4 is 15.7 Å². The Morgan fingerprint density at radius 3 is 2.48 bits per heavy atom. The molecule has 0 bridgehead atoms. The van der Waals surface area contributed by atoms with Crippen molar-refractivity contribution in [3.8, 4) is 0 Å². The van der Waals surface area contributed by atoms with E-state index in [1.807, 2.05) is 18.2 Å². The lowest BCUT2D eigenvalue weighted by Gasteiger charge is -2.36. The van der Waals surface area contributed by atoms with Crippen LogP contribution in [0.2, 0.25) is 0 Å². The first kappa shape index (κ1) is 17.4. The van der Waals surface area contributed by atoms with Crippen LogP contribution in [0.15, 0.2) is 53.5 Å². The third-order valence-corrected chi connectivity index (χ3v) is 5.11. The number of pyridine rings is 1. The maximum Gasteiger partial charge on any atom is 0.252 e. The van der Waals surface area contributed by atoms with Gasteiger partial charge in [-0.2, -0.15) is 0 Å². The SMILES string of the molecule is CS(=O)(=O)Cn1cc(C(=O)NC2CC(c3ccccc3)C2)ccc1=O. The third kappa shape index (κ3) is 4.36. The molecular formula is C18H20N2O4S. The maximum atomic E-state index is 12.3. The van der Waals surface area contributed by atoms with Crippen molar-refractivity contribution in [3.63, 3.8) is 0 Å². The van der Waals surface area contributed by atoms with E-state index in [9.17, 15) is 18.0 Å². The lowest BCUT2D eigenvalue weighted by Crippen LogP contribution is -2.43. The highest BCUT2D eigenvalue weighted by molar-refractivity contribution is 7.89. The smallest absolute Gasteiger partial charge is 0.252 e. The lowest BCUT2D eigenvalue weighted by atomic mass is 9.76. The van der Waals surface area contributed by atoms with Gasteiger partial charge in [-0.25, -0.2) is 8.42 Å². The molecule has 0 saturated heterocycles. The van der Waals surface area contributed by atoms with Crippen LogP contribution in [0.1, 0.15) is 34.7 Å². The van der Waals surface area contributed by atoms with E-state index in [2.05, 4.69) is 17.4 Å². The predicted molar refractivity (Wildman–Crippen MR) is 95.2 cm³/mol. The number of carbonyl (C=O) groups excluding carboxylic acids is 1. The summed E-state index contributed by atoms with van der Waals surface area (Å²) in [6.45, 7) is 0. The van der Waals surface area contributed by atoms with Crippen LogP contribution in [-0.2, 0) is 15.7 Å². The molecule has 6 nitrogen and oxygen atoms in total. The molecule has 1 aromatic heterocycles. The molecule has 25 heavy (non-hydrogen) atoms. The fourth-order valence-electron chi connectivity index (χ4n) is 3.02. The minimum absolute atomic E-state index is 0.0907. The Balaban J connectivity index is 1.63. The van der Waals surface area contributed by atoms with Crippen LogP contribution >= 0.6 is 0 Å². The normalized spacial score (nSPS) is 19.9. The number of aromatic nitrogens is 1. The Kier molecular flexibility index (Phi) is 4.76. The van der Waals surface area contributed by atoms with Crippen LogP contribution in [0.25, 0.3) is 0 Å². The van der Waals surface area contributed by atoms with Gasteiger partial charge in [-0.05, 0) is 30.4 Å². The maximum absolute atomic E-state index is 12.3. The lowest BCUT2D eigenvalue weighted by molar-refractivity contribution is 0.0908. The largest absolute Gasteiger partial charge is 0.349 e. The Hall–Kier alpha value is -2.41. The Bertz CT molecular complexity index is 929. The second-order valence-electron chi connectivity index (χ2n) is 6.53. The van der Waals surface area contributed by atoms with E-state index in [1.165, 1.54) is 23.9 Å². The van der Waals surface area contributed by atoms with Gasteiger partial charge in [0.1, 0.15) is 5.88 Å². The molecule has 0 aliphatic heterocycles. The summed E-state index contributed by atoms with van der Waals surface area (Å²) < 4.78 is 23.8. The predicted octanol–water partition coefficient (Wildman–Crippen LogP) is 1.53. The van der Waals surface area contributed by atoms with Crippen LogP contribution in [0.3, 0.4) is 0 Å². The number of nitrogens with one attached hydrogen (secondary N) is 1. The average Bonchev–Trinajstić information content (AvgIpc) is 2.52. The number of nitrogens with zero attached hydrogens (tertiary/aromatic N) is 1. The van der Waals surface area contributed by atoms with Crippen molar-refractivity contribution in [2.75, 3.05) is 6.26 Å². The van der Waals surface area contributed by atoms with E-state index < -0.39 is 21.3 Å². The molecule has 132 valence electrons. The topological polar surface area (TPSA) is 85.2 Å². The summed E-state index contributed by atoms with van der Waals surface area (Å²) in [5.41, 5.74) is 1.11. The summed E-state index contributed by atoms with van der Waals surface area (Å²) >= 11 is 0. The number of hydrogen-bond acceptors (Lipinski definition) is 4. The summed E-state index contributed by atoms with van der Waals surface area (Å²) in [6.07, 6.45) is 4.09. The van der Waals surface area contributed by atoms with Crippen molar-refractivity contribution in [1.82, 2.24) is 9.88 Å². The van der Waals surface area contributed by atoms with E-state index >= 15 is 0 Å². The molecule has 0 atom stereocenters. The molecule has 0 radical (unpaired) electrons. The summed E-state index contributed by atoms with van der Waals surface area (Å²) in [6, 6.07) is 12.9. The second kappa shape index (κ2) is 6.84. The standard InChI is InChI=1S/C18H20N2O4S/c1-25(23,24)12-20-11-14(7-8-17(20)21)18(22)19-16-9-15(10-16)13-5-3-2-4-6-13/h2-8,11,15-16H,9-10,12H2,1H3,(H,19,22). The van der Waals surface area contributed by atoms with Crippen LogP contribution in [0.5, 0.6) is 0 Å². The monoisotopic (exact) mass is 360 g/mol. The van der Waals surface area contributed by atoms with Crippen molar-refractivity contribution in [1.29, 1.82) is 0 Å². The molecule has 0 unspecified atom stereocenters. The first-order valence-electron chi connectivity index (χ1n) is 8.06. The van der Waals surface area contributed by atoms with Gasteiger partial charge in [0.2, 0.25) is 0 Å². The van der Waals surface area contributed by atoms with Gasteiger partial charge < -0.3 is 5.32 Å². The quantitative estimate of drug-likeness (QED) is 0.876. The molecule has 0 spiro atoms. The molecule has 1 aliphatic rings. The van der Waals surface area contributed by atoms with Crippen molar-refractivity contribution in [3.05, 3.63) is 70.1 Å². The van der Waals surface area contributed by atoms with E-state index in [0.29, 0.717) is 5.92 Å². The number of sulfone groups is 1. The number of carbonyl (C=O) groups is 1. The zero-order chi connectivity index (χ0) is 18.0. The summed E-state index contributed by atoms with van der Waals surface area (Å²) in [7, 11) is -3.37. The van der Waals surface area contributed by atoms with Gasteiger partial charge in [-0.1, -0.05) is 30.3 Å². The van der Waals surface area contributed by atoms with Gasteiger partial charge in [0.15, 0.2) is 9.84 Å². The molecule has 1 saturated carbocycles. The Morgan fingerprint density at radius 2 is 1.84 bits per heavy atom. The van der Waals surface area contributed by atoms with E-state index in [0.717, 1.165) is 23.7 Å². The molecule has 1 heterocycles. The first-order chi connectivity index (χ1) is 11.8. The van der Waals surface area contributed by atoms with Crippen LogP contribution in [0, 0.1) is 0 Å². The minimum Gasteiger partial charge on any atom is -0.349 e. The highest BCUT2D eigenvalue weighted by Crippen LogP contribution is 2.36. The summed E-state index contributed by atoms with van der Waals surface area (Å²) in [5.74, 6) is -0.281. The second-order valence-corrected chi connectivity index (χ2v) is 8.64. The highest BCUT2D eigenvalue weighted by atomic mass is 32.2. The molecule has 1 aromatic carbocycles. The molecule has 1 aliphatic carbocycles. The van der Waals surface area contributed by atoms with Crippen molar-refractivity contribution in [2.24, 2.45) is 0 Å². The van der Waals surface area contributed by atoms with E-state index in [-0.39, 0.29) is 17.5 Å². The number of rotatable bonds is 5. The zero-order valence-electron chi connectivity index (χ0n) is 13.9. The summed E-state index contributed by atoms with van der Waals surface area (Å²) in [4.78, 5) is 24.1. The Morgan fingerprint density at radius 1 is 1.16 bits per heavy atom. The van der Waals surface area contributed by atoms with E-state index in [4.69, 9.17) is 0 Å². The number of benzene rings is 1. The molecule has 2 aromatic rings. The van der Waals surface area contributed by atoms with Gasteiger partial charge in [-0.3, -0.25) is 14.2 Å². The van der Waals surface area contributed by atoms with Crippen molar-refractivity contribution < 1.29 is 13.2 Å². The van der Waals surface area contributed by atoms with Gasteiger partial charge in [0.05, 0.1) is 5.56 Å². The van der Waals surface area contributed by atoms with Gasteiger partial charge >= 0.3 is 0 Å². The molecule has 1 fully saturated rings. The summed E-state index contributed by atoms with van der Waals surface area (Å²) in [5, 5.41) is 2.94.